The SMILES string of the molecule is NC(=S)CCCCN1CCC2(O)CCCCC2C1. The van der Waals surface area contributed by atoms with Crippen molar-refractivity contribution in [2.75, 3.05) is 19.6 Å². The van der Waals surface area contributed by atoms with Gasteiger partial charge in [-0.05, 0) is 45.1 Å². The highest BCUT2D eigenvalue weighted by Gasteiger charge is 2.42. The van der Waals surface area contributed by atoms with E-state index in [1.807, 2.05) is 0 Å². The Morgan fingerprint density at radius 2 is 2.17 bits per heavy atom. The van der Waals surface area contributed by atoms with Crippen LogP contribution in [0.15, 0.2) is 0 Å². The zero-order valence-electron chi connectivity index (χ0n) is 11.2. The van der Waals surface area contributed by atoms with Gasteiger partial charge in [0.25, 0.3) is 0 Å². The van der Waals surface area contributed by atoms with Gasteiger partial charge in [-0.3, -0.25) is 0 Å². The van der Waals surface area contributed by atoms with E-state index in [-0.39, 0.29) is 5.60 Å². The fraction of sp³-hybridized carbons (Fsp3) is 0.929. The molecule has 3 N–H and O–H groups in total. The summed E-state index contributed by atoms with van der Waals surface area (Å²) in [5.41, 5.74) is 5.16. The fourth-order valence-electron chi connectivity index (χ4n) is 3.48. The van der Waals surface area contributed by atoms with E-state index in [4.69, 9.17) is 18.0 Å². The van der Waals surface area contributed by atoms with Crippen molar-refractivity contribution < 1.29 is 5.11 Å². The number of hydrogen-bond donors (Lipinski definition) is 2. The Balaban J connectivity index is 1.71. The van der Waals surface area contributed by atoms with Crippen molar-refractivity contribution in [3.05, 3.63) is 0 Å². The minimum absolute atomic E-state index is 0.340. The van der Waals surface area contributed by atoms with Gasteiger partial charge in [-0.1, -0.05) is 25.1 Å². The van der Waals surface area contributed by atoms with E-state index < -0.39 is 0 Å². The Bertz CT molecular complexity index is 298. The quantitative estimate of drug-likeness (QED) is 0.593. The second-order valence-corrected chi connectivity index (χ2v) is 6.54. The molecule has 0 amide bonds. The van der Waals surface area contributed by atoms with Gasteiger partial charge in [0, 0.05) is 19.0 Å². The lowest BCUT2D eigenvalue weighted by molar-refractivity contribution is -0.0953. The van der Waals surface area contributed by atoms with Crippen LogP contribution in [0.3, 0.4) is 0 Å². The van der Waals surface area contributed by atoms with Crippen molar-refractivity contribution in [2.24, 2.45) is 11.7 Å². The monoisotopic (exact) mass is 270 g/mol. The van der Waals surface area contributed by atoms with Gasteiger partial charge in [0.05, 0.1) is 10.6 Å². The molecule has 1 saturated carbocycles. The first-order valence-electron chi connectivity index (χ1n) is 7.33. The van der Waals surface area contributed by atoms with Crippen LogP contribution in [0.2, 0.25) is 0 Å². The van der Waals surface area contributed by atoms with Gasteiger partial charge in [0.2, 0.25) is 0 Å². The first-order valence-corrected chi connectivity index (χ1v) is 7.74. The fourth-order valence-corrected chi connectivity index (χ4v) is 3.62. The number of fused-ring (bicyclic) bond motifs is 1. The molecule has 1 heterocycles. The molecule has 0 bridgehead atoms. The van der Waals surface area contributed by atoms with Crippen molar-refractivity contribution in [1.29, 1.82) is 0 Å². The molecule has 2 aliphatic rings. The molecule has 18 heavy (non-hydrogen) atoms. The molecular formula is C14H26N2OS. The largest absolute Gasteiger partial charge is 0.393 e. The number of aliphatic hydroxyl groups is 1. The molecule has 0 spiro atoms. The lowest BCUT2D eigenvalue weighted by Gasteiger charge is -2.47. The van der Waals surface area contributed by atoms with E-state index in [2.05, 4.69) is 4.90 Å². The van der Waals surface area contributed by atoms with Crippen LogP contribution in [0.25, 0.3) is 0 Å². The lowest BCUT2D eigenvalue weighted by atomic mass is 9.71. The Labute approximate surface area is 116 Å². The number of unbranched alkanes of at least 4 members (excludes halogenated alkanes) is 1. The second-order valence-electron chi connectivity index (χ2n) is 6.02. The maximum atomic E-state index is 10.6. The van der Waals surface area contributed by atoms with Crippen LogP contribution < -0.4 is 5.73 Å². The highest BCUT2D eigenvalue weighted by Crippen LogP contribution is 2.39. The summed E-state index contributed by atoms with van der Waals surface area (Å²) in [6.07, 6.45) is 8.84. The van der Waals surface area contributed by atoms with Crippen LogP contribution in [0.4, 0.5) is 0 Å². The molecule has 1 aliphatic carbocycles. The minimum Gasteiger partial charge on any atom is -0.393 e. The first kappa shape index (κ1) is 14.2. The van der Waals surface area contributed by atoms with E-state index >= 15 is 0 Å². The number of nitrogens with two attached hydrogens (primary N) is 1. The van der Waals surface area contributed by atoms with Crippen molar-refractivity contribution in [3.63, 3.8) is 0 Å². The van der Waals surface area contributed by atoms with Gasteiger partial charge in [0.15, 0.2) is 0 Å². The van der Waals surface area contributed by atoms with Gasteiger partial charge in [-0.25, -0.2) is 0 Å². The number of thiocarbonyl (C=S) groups is 1. The predicted octanol–water partition coefficient (Wildman–Crippen LogP) is 2.07. The average Bonchev–Trinajstić information content (AvgIpc) is 2.34. The third-order valence-electron chi connectivity index (χ3n) is 4.66. The van der Waals surface area contributed by atoms with Crippen LogP contribution in [-0.4, -0.2) is 40.2 Å². The Morgan fingerprint density at radius 3 is 2.94 bits per heavy atom. The molecular weight excluding hydrogens is 244 g/mol. The first-order chi connectivity index (χ1) is 8.60. The lowest BCUT2D eigenvalue weighted by Crippen LogP contribution is -2.53. The van der Waals surface area contributed by atoms with E-state index in [1.54, 1.807) is 0 Å². The standard InChI is InChI=1S/C14H26N2OS/c15-13(18)6-2-4-9-16-10-8-14(17)7-3-1-5-12(14)11-16/h12,17H,1-11H2,(H2,15,18). The van der Waals surface area contributed by atoms with Crippen LogP contribution in [0.1, 0.15) is 51.4 Å². The molecule has 0 aromatic rings. The van der Waals surface area contributed by atoms with Crippen molar-refractivity contribution in [1.82, 2.24) is 4.90 Å². The van der Waals surface area contributed by atoms with E-state index in [0.717, 1.165) is 45.3 Å². The molecule has 1 aliphatic heterocycles. The summed E-state index contributed by atoms with van der Waals surface area (Å²) < 4.78 is 0. The Kier molecular flexibility index (Phi) is 4.98. The number of nitrogens with zero attached hydrogens (tertiary/aromatic N) is 1. The molecule has 0 aromatic carbocycles. The van der Waals surface area contributed by atoms with E-state index in [1.165, 1.54) is 25.7 Å². The van der Waals surface area contributed by atoms with Gasteiger partial charge < -0.3 is 15.7 Å². The van der Waals surface area contributed by atoms with Crippen LogP contribution in [0.5, 0.6) is 0 Å². The Morgan fingerprint density at radius 1 is 1.33 bits per heavy atom. The van der Waals surface area contributed by atoms with Crippen LogP contribution in [-0.2, 0) is 0 Å². The summed E-state index contributed by atoms with van der Waals surface area (Å²) in [5.74, 6) is 0.510. The molecule has 2 rings (SSSR count). The maximum absolute atomic E-state index is 10.6. The van der Waals surface area contributed by atoms with Gasteiger partial charge in [-0.2, -0.15) is 0 Å². The van der Waals surface area contributed by atoms with Crippen molar-refractivity contribution in [2.45, 2.75) is 57.0 Å². The van der Waals surface area contributed by atoms with Gasteiger partial charge in [-0.15, -0.1) is 0 Å². The highest BCUT2D eigenvalue weighted by molar-refractivity contribution is 7.80. The third kappa shape index (κ3) is 3.65. The topological polar surface area (TPSA) is 49.5 Å². The van der Waals surface area contributed by atoms with Gasteiger partial charge in [0.1, 0.15) is 0 Å². The molecule has 1 saturated heterocycles. The molecule has 3 nitrogen and oxygen atoms in total. The predicted molar refractivity (Wildman–Crippen MR) is 78.6 cm³/mol. The van der Waals surface area contributed by atoms with Crippen LogP contribution in [0, 0.1) is 5.92 Å². The summed E-state index contributed by atoms with van der Waals surface area (Å²) in [6.45, 7) is 3.28. The summed E-state index contributed by atoms with van der Waals surface area (Å²) >= 11 is 4.89. The molecule has 2 fully saturated rings. The highest BCUT2D eigenvalue weighted by atomic mass is 32.1. The van der Waals surface area contributed by atoms with E-state index in [9.17, 15) is 5.11 Å². The normalized spacial score (nSPS) is 33.1. The number of rotatable bonds is 5. The number of hydrogen-bond acceptors (Lipinski definition) is 3. The van der Waals surface area contributed by atoms with Crippen molar-refractivity contribution >= 4 is 17.2 Å². The number of piperidine rings is 1. The Hall–Kier alpha value is -0.190. The van der Waals surface area contributed by atoms with Crippen LogP contribution >= 0.6 is 12.2 Å². The molecule has 104 valence electrons. The van der Waals surface area contributed by atoms with E-state index in [0.29, 0.717) is 10.9 Å². The summed E-state index contributed by atoms with van der Waals surface area (Å²) in [5, 5.41) is 10.6. The zero-order chi connectivity index (χ0) is 13.0. The van der Waals surface area contributed by atoms with Gasteiger partial charge >= 0.3 is 0 Å². The average molecular weight is 270 g/mol. The molecule has 0 radical (unpaired) electrons. The molecule has 2 atom stereocenters. The summed E-state index contributed by atoms with van der Waals surface area (Å²) in [4.78, 5) is 3.15. The smallest absolute Gasteiger partial charge is 0.0727 e. The minimum atomic E-state index is -0.340. The summed E-state index contributed by atoms with van der Waals surface area (Å²) in [6, 6.07) is 0. The van der Waals surface area contributed by atoms with Crippen molar-refractivity contribution in [3.8, 4) is 0 Å². The molecule has 0 aromatic heterocycles. The second kappa shape index (κ2) is 6.31. The summed E-state index contributed by atoms with van der Waals surface area (Å²) in [7, 11) is 0. The maximum Gasteiger partial charge on any atom is 0.0727 e. The molecule has 4 heteroatoms. The number of likely N-dealkylation sites (tertiary alicyclic amines) is 1. The zero-order valence-corrected chi connectivity index (χ0v) is 12.1. The molecule has 2 unspecified atom stereocenters. The third-order valence-corrected chi connectivity index (χ3v) is 4.86.